The lowest BCUT2D eigenvalue weighted by Crippen LogP contribution is -2.22. The zero-order valence-electron chi connectivity index (χ0n) is 7.46. The van der Waals surface area contributed by atoms with E-state index in [1.54, 1.807) is 17.1 Å². The van der Waals surface area contributed by atoms with Crippen LogP contribution in [0.3, 0.4) is 0 Å². The van der Waals surface area contributed by atoms with Crippen molar-refractivity contribution in [1.82, 2.24) is 9.55 Å². The molecule has 0 aliphatic carbocycles. The van der Waals surface area contributed by atoms with Crippen molar-refractivity contribution < 1.29 is 0 Å². The molecule has 0 aliphatic rings. The third-order valence-corrected chi connectivity index (χ3v) is 2.38. The predicted octanol–water partition coefficient (Wildman–Crippen LogP) is 1.81. The SMILES string of the molecule is C=C(C)CCn1cncc(I)c1=O. The van der Waals surface area contributed by atoms with Crippen LogP contribution in [0, 0.1) is 3.57 Å². The van der Waals surface area contributed by atoms with Crippen LogP contribution in [0.2, 0.25) is 0 Å². The van der Waals surface area contributed by atoms with Gasteiger partial charge in [0.25, 0.3) is 5.56 Å². The Morgan fingerprint density at radius 3 is 3.08 bits per heavy atom. The number of rotatable bonds is 3. The molecule has 0 saturated carbocycles. The molecule has 1 aromatic heterocycles. The molecule has 0 radical (unpaired) electrons. The van der Waals surface area contributed by atoms with E-state index in [-0.39, 0.29) is 5.56 Å². The van der Waals surface area contributed by atoms with Crippen molar-refractivity contribution in [2.24, 2.45) is 0 Å². The second-order valence-electron chi connectivity index (χ2n) is 2.95. The maximum Gasteiger partial charge on any atom is 0.266 e. The standard InChI is InChI=1S/C9H11IN2O/c1-7(2)3-4-12-6-11-5-8(10)9(12)13/h5-6H,1,3-4H2,2H3. The van der Waals surface area contributed by atoms with E-state index in [1.165, 1.54) is 0 Å². The lowest BCUT2D eigenvalue weighted by Gasteiger charge is -2.03. The van der Waals surface area contributed by atoms with Crippen LogP contribution < -0.4 is 5.56 Å². The Morgan fingerprint density at radius 1 is 1.77 bits per heavy atom. The van der Waals surface area contributed by atoms with Crippen LogP contribution in [0.1, 0.15) is 13.3 Å². The third kappa shape index (κ3) is 2.95. The minimum Gasteiger partial charge on any atom is -0.298 e. The number of hydrogen-bond acceptors (Lipinski definition) is 2. The van der Waals surface area contributed by atoms with Gasteiger partial charge in [-0.05, 0) is 35.9 Å². The fourth-order valence-corrected chi connectivity index (χ4v) is 1.37. The average molecular weight is 290 g/mol. The summed E-state index contributed by atoms with van der Waals surface area (Å²) < 4.78 is 2.26. The number of aromatic nitrogens is 2. The summed E-state index contributed by atoms with van der Waals surface area (Å²) in [7, 11) is 0. The van der Waals surface area contributed by atoms with Crippen molar-refractivity contribution in [3.8, 4) is 0 Å². The molecule has 0 spiro atoms. The Labute approximate surface area is 90.6 Å². The summed E-state index contributed by atoms with van der Waals surface area (Å²) in [5.41, 5.74) is 1.10. The summed E-state index contributed by atoms with van der Waals surface area (Å²) in [6.45, 7) is 6.40. The Balaban J connectivity index is 2.84. The fraction of sp³-hybridized carbons (Fsp3) is 0.333. The van der Waals surface area contributed by atoms with Crippen molar-refractivity contribution in [2.45, 2.75) is 19.9 Å². The van der Waals surface area contributed by atoms with Gasteiger partial charge < -0.3 is 0 Å². The van der Waals surface area contributed by atoms with Gasteiger partial charge in [-0.2, -0.15) is 0 Å². The van der Waals surface area contributed by atoms with Crippen molar-refractivity contribution in [3.63, 3.8) is 0 Å². The Morgan fingerprint density at radius 2 is 2.46 bits per heavy atom. The summed E-state index contributed by atoms with van der Waals surface area (Å²) in [5, 5.41) is 0. The molecule has 0 saturated heterocycles. The van der Waals surface area contributed by atoms with E-state index in [9.17, 15) is 4.79 Å². The normalized spacial score (nSPS) is 10.0. The molecule has 0 aromatic carbocycles. The Kier molecular flexibility index (Phi) is 3.65. The van der Waals surface area contributed by atoms with Gasteiger partial charge in [-0.25, -0.2) is 4.98 Å². The lowest BCUT2D eigenvalue weighted by atomic mass is 10.2. The molecule has 0 amide bonds. The number of hydrogen-bond donors (Lipinski definition) is 0. The van der Waals surface area contributed by atoms with E-state index in [0.717, 1.165) is 12.0 Å². The van der Waals surface area contributed by atoms with Crippen molar-refractivity contribution >= 4 is 22.6 Å². The molecule has 1 rings (SSSR count). The van der Waals surface area contributed by atoms with E-state index in [4.69, 9.17) is 0 Å². The topological polar surface area (TPSA) is 34.9 Å². The highest BCUT2D eigenvalue weighted by Gasteiger charge is 1.99. The molecule has 0 N–H and O–H groups in total. The number of allylic oxidation sites excluding steroid dienone is 1. The molecule has 0 fully saturated rings. The van der Waals surface area contributed by atoms with Gasteiger partial charge in [0, 0.05) is 12.7 Å². The van der Waals surface area contributed by atoms with Gasteiger partial charge in [0.15, 0.2) is 0 Å². The third-order valence-electron chi connectivity index (χ3n) is 1.64. The van der Waals surface area contributed by atoms with Gasteiger partial charge in [-0.3, -0.25) is 9.36 Å². The first kappa shape index (κ1) is 10.4. The quantitative estimate of drug-likeness (QED) is 0.628. The minimum absolute atomic E-state index is 0.0249. The van der Waals surface area contributed by atoms with Gasteiger partial charge in [0.05, 0.1) is 9.90 Å². The molecule has 4 heteroatoms. The van der Waals surface area contributed by atoms with E-state index >= 15 is 0 Å². The van der Waals surface area contributed by atoms with Gasteiger partial charge in [-0.15, -0.1) is 6.58 Å². The van der Waals surface area contributed by atoms with Gasteiger partial charge in [-0.1, -0.05) is 5.57 Å². The maximum atomic E-state index is 11.5. The summed E-state index contributed by atoms with van der Waals surface area (Å²) in [4.78, 5) is 15.4. The van der Waals surface area contributed by atoms with E-state index in [0.29, 0.717) is 10.1 Å². The molecule has 0 unspecified atom stereocenters. The molecule has 3 nitrogen and oxygen atoms in total. The molecule has 1 heterocycles. The highest BCUT2D eigenvalue weighted by atomic mass is 127. The summed E-state index contributed by atoms with van der Waals surface area (Å²) in [6.07, 6.45) is 3.95. The van der Waals surface area contributed by atoms with Gasteiger partial charge >= 0.3 is 0 Å². The average Bonchev–Trinajstić information content (AvgIpc) is 2.07. The highest BCUT2D eigenvalue weighted by Crippen LogP contribution is 1.98. The van der Waals surface area contributed by atoms with Gasteiger partial charge in [0.2, 0.25) is 0 Å². The van der Waals surface area contributed by atoms with Gasteiger partial charge in [0.1, 0.15) is 0 Å². The molecule has 1 aromatic rings. The zero-order valence-corrected chi connectivity index (χ0v) is 9.61. The van der Waals surface area contributed by atoms with Crippen molar-refractivity contribution in [1.29, 1.82) is 0 Å². The van der Waals surface area contributed by atoms with Crippen molar-refractivity contribution in [2.75, 3.05) is 0 Å². The van der Waals surface area contributed by atoms with Crippen LogP contribution in [0.5, 0.6) is 0 Å². The van der Waals surface area contributed by atoms with E-state index in [1.807, 2.05) is 29.5 Å². The number of aryl methyl sites for hydroxylation is 1. The second-order valence-corrected chi connectivity index (χ2v) is 4.11. The molecule has 0 atom stereocenters. The molecule has 13 heavy (non-hydrogen) atoms. The minimum atomic E-state index is 0.0249. The van der Waals surface area contributed by atoms with Crippen LogP contribution >= 0.6 is 22.6 Å². The zero-order chi connectivity index (χ0) is 9.84. The van der Waals surface area contributed by atoms with Crippen LogP contribution in [0.25, 0.3) is 0 Å². The Hall–Kier alpha value is -0.650. The van der Waals surface area contributed by atoms with Crippen molar-refractivity contribution in [3.05, 3.63) is 38.6 Å². The van der Waals surface area contributed by atoms with E-state index in [2.05, 4.69) is 11.6 Å². The molecular weight excluding hydrogens is 279 g/mol. The maximum absolute atomic E-state index is 11.5. The molecule has 0 aliphatic heterocycles. The first-order chi connectivity index (χ1) is 6.11. The Bertz CT molecular complexity index is 370. The fourth-order valence-electron chi connectivity index (χ4n) is 0.895. The second kappa shape index (κ2) is 4.55. The molecular formula is C9H11IN2O. The summed E-state index contributed by atoms with van der Waals surface area (Å²) in [5.74, 6) is 0. The molecule has 0 bridgehead atoms. The van der Waals surface area contributed by atoms with Crippen LogP contribution in [0.15, 0.2) is 29.5 Å². The monoisotopic (exact) mass is 290 g/mol. The summed E-state index contributed by atoms with van der Waals surface area (Å²) >= 11 is 1.99. The highest BCUT2D eigenvalue weighted by molar-refractivity contribution is 14.1. The van der Waals surface area contributed by atoms with Crippen LogP contribution in [-0.4, -0.2) is 9.55 Å². The van der Waals surface area contributed by atoms with Crippen LogP contribution in [-0.2, 0) is 6.54 Å². The largest absolute Gasteiger partial charge is 0.298 e. The van der Waals surface area contributed by atoms with E-state index < -0.39 is 0 Å². The number of halogens is 1. The predicted molar refractivity (Wildman–Crippen MR) is 60.6 cm³/mol. The smallest absolute Gasteiger partial charge is 0.266 e. The summed E-state index contributed by atoms with van der Waals surface area (Å²) in [6, 6.07) is 0. The number of nitrogens with zero attached hydrogens (tertiary/aromatic N) is 2. The van der Waals surface area contributed by atoms with Crippen LogP contribution in [0.4, 0.5) is 0 Å². The first-order valence-electron chi connectivity index (χ1n) is 3.95. The molecule has 70 valence electrons. The first-order valence-corrected chi connectivity index (χ1v) is 5.03. The lowest BCUT2D eigenvalue weighted by molar-refractivity contribution is 0.648.